The van der Waals surface area contributed by atoms with Crippen LogP contribution >= 0.6 is 11.3 Å². The lowest BCUT2D eigenvalue weighted by atomic mass is 9.95. The van der Waals surface area contributed by atoms with Gasteiger partial charge in [-0.15, -0.1) is 11.3 Å². The van der Waals surface area contributed by atoms with Crippen molar-refractivity contribution in [3.8, 4) is 0 Å². The summed E-state index contributed by atoms with van der Waals surface area (Å²) < 4.78 is 27.0. The number of amides is 2. The Balaban J connectivity index is 1.88. The van der Waals surface area contributed by atoms with Gasteiger partial charge in [0, 0.05) is 17.5 Å². The maximum absolute atomic E-state index is 13.9. The van der Waals surface area contributed by atoms with Gasteiger partial charge in [-0.1, -0.05) is 13.3 Å². The molecular formula is C20H22F2N2O2S. The number of halogens is 2. The van der Waals surface area contributed by atoms with Gasteiger partial charge in [-0.25, -0.2) is 8.78 Å². The molecule has 0 saturated carbocycles. The minimum Gasteiger partial charge on any atom is -0.352 e. The highest BCUT2D eigenvalue weighted by Crippen LogP contribution is 2.38. The smallest absolute Gasteiger partial charge is 0.259 e. The third-order valence-electron chi connectivity index (χ3n) is 4.62. The summed E-state index contributed by atoms with van der Waals surface area (Å²) in [5, 5.41) is 6.01. The predicted octanol–water partition coefficient (Wildman–Crippen LogP) is 4.69. The second kappa shape index (κ2) is 8.61. The number of anilines is 1. The summed E-state index contributed by atoms with van der Waals surface area (Å²) in [5.74, 6) is -2.57. The summed E-state index contributed by atoms with van der Waals surface area (Å²) in [6.07, 6.45) is 5.55. The van der Waals surface area contributed by atoms with Crippen molar-refractivity contribution in [3.63, 3.8) is 0 Å². The van der Waals surface area contributed by atoms with E-state index in [0.717, 1.165) is 61.1 Å². The summed E-state index contributed by atoms with van der Waals surface area (Å²) in [6, 6.07) is 2.82. The van der Waals surface area contributed by atoms with E-state index in [2.05, 4.69) is 10.6 Å². The van der Waals surface area contributed by atoms with Gasteiger partial charge in [-0.05, 0) is 49.8 Å². The second-order valence-electron chi connectivity index (χ2n) is 6.60. The van der Waals surface area contributed by atoms with Gasteiger partial charge < -0.3 is 10.6 Å². The zero-order valence-corrected chi connectivity index (χ0v) is 16.0. The molecule has 144 valence electrons. The molecule has 0 aliphatic heterocycles. The molecule has 0 saturated heterocycles. The van der Waals surface area contributed by atoms with Crippen LogP contribution in [0.5, 0.6) is 0 Å². The quantitative estimate of drug-likeness (QED) is 0.701. The molecule has 4 nitrogen and oxygen atoms in total. The Morgan fingerprint density at radius 3 is 2.67 bits per heavy atom. The Kier molecular flexibility index (Phi) is 6.21. The van der Waals surface area contributed by atoms with E-state index in [9.17, 15) is 18.4 Å². The fourth-order valence-electron chi connectivity index (χ4n) is 3.21. The standard InChI is InChI=1S/C20H22F2N2O2S/c1-2-3-10-23-19(26)17-14-6-4-5-7-16(14)27-20(17)24-18(25)13-9-8-12(21)11-15(13)22/h8-9,11H,2-7,10H2,1H3,(H,23,26)(H,24,25). The van der Waals surface area contributed by atoms with Gasteiger partial charge in [0.05, 0.1) is 11.1 Å². The van der Waals surface area contributed by atoms with Crippen molar-refractivity contribution in [2.24, 2.45) is 0 Å². The van der Waals surface area contributed by atoms with E-state index in [-0.39, 0.29) is 11.5 Å². The van der Waals surface area contributed by atoms with Crippen molar-refractivity contribution in [2.75, 3.05) is 11.9 Å². The number of carbonyl (C=O) groups excluding carboxylic acids is 2. The van der Waals surface area contributed by atoms with Crippen LogP contribution in [0.2, 0.25) is 0 Å². The lowest BCUT2D eigenvalue weighted by Crippen LogP contribution is -2.26. The normalized spacial score (nSPS) is 13.1. The van der Waals surface area contributed by atoms with E-state index in [0.29, 0.717) is 23.2 Å². The molecule has 27 heavy (non-hydrogen) atoms. The topological polar surface area (TPSA) is 58.2 Å². The van der Waals surface area contributed by atoms with E-state index < -0.39 is 17.5 Å². The molecule has 0 bridgehead atoms. The van der Waals surface area contributed by atoms with Crippen molar-refractivity contribution in [1.82, 2.24) is 5.32 Å². The number of hydrogen-bond donors (Lipinski definition) is 2. The molecule has 0 fully saturated rings. The first-order valence-corrected chi connectivity index (χ1v) is 10.0. The summed E-state index contributed by atoms with van der Waals surface area (Å²) in [4.78, 5) is 26.3. The molecule has 7 heteroatoms. The Bertz CT molecular complexity index is 864. The van der Waals surface area contributed by atoms with Crippen LogP contribution < -0.4 is 10.6 Å². The van der Waals surface area contributed by atoms with E-state index >= 15 is 0 Å². The number of carbonyl (C=O) groups is 2. The van der Waals surface area contributed by atoms with Crippen LogP contribution in [0.4, 0.5) is 13.8 Å². The summed E-state index contributed by atoms with van der Waals surface area (Å²) in [6.45, 7) is 2.61. The van der Waals surface area contributed by atoms with Crippen LogP contribution in [0, 0.1) is 11.6 Å². The third-order valence-corrected chi connectivity index (χ3v) is 5.82. The highest BCUT2D eigenvalue weighted by Gasteiger charge is 2.27. The van der Waals surface area contributed by atoms with E-state index in [4.69, 9.17) is 0 Å². The highest BCUT2D eigenvalue weighted by atomic mass is 32.1. The van der Waals surface area contributed by atoms with Gasteiger partial charge in [-0.2, -0.15) is 0 Å². The number of aryl methyl sites for hydroxylation is 1. The number of rotatable bonds is 6. The average molecular weight is 392 g/mol. The molecule has 1 heterocycles. The molecule has 1 aromatic heterocycles. The van der Waals surface area contributed by atoms with Crippen LogP contribution in [-0.4, -0.2) is 18.4 Å². The van der Waals surface area contributed by atoms with Gasteiger partial charge >= 0.3 is 0 Å². The molecule has 0 spiro atoms. The van der Waals surface area contributed by atoms with E-state index in [1.54, 1.807) is 0 Å². The molecule has 2 aromatic rings. The molecule has 1 aliphatic carbocycles. The van der Waals surface area contributed by atoms with Crippen molar-refractivity contribution in [3.05, 3.63) is 51.4 Å². The Labute approximate surface area is 161 Å². The molecule has 3 rings (SSSR count). The van der Waals surface area contributed by atoms with Crippen LogP contribution in [0.1, 0.15) is 63.8 Å². The first-order valence-electron chi connectivity index (χ1n) is 9.20. The number of unbranched alkanes of at least 4 members (excludes halogenated alkanes) is 1. The summed E-state index contributed by atoms with van der Waals surface area (Å²) in [7, 11) is 0. The minimum atomic E-state index is -0.928. The molecule has 1 aromatic carbocycles. The average Bonchev–Trinajstić information content (AvgIpc) is 2.99. The lowest BCUT2D eigenvalue weighted by Gasteiger charge is -2.13. The molecular weight excluding hydrogens is 370 g/mol. The van der Waals surface area contributed by atoms with Crippen LogP contribution in [0.25, 0.3) is 0 Å². The number of fused-ring (bicyclic) bond motifs is 1. The molecule has 0 radical (unpaired) electrons. The van der Waals surface area contributed by atoms with Crippen molar-refractivity contribution >= 4 is 28.2 Å². The number of thiophene rings is 1. The molecule has 2 N–H and O–H groups in total. The molecule has 0 atom stereocenters. The van der Waals surface area contributed by atoms with Crippen molar-refractivity contribution in [2.45, 2.75) is 45.4 Å². The monoisotopic (exact) mass is 392 g/mol. The van der Waals surface area contributed by atoms with Gasteiger partial charge in [0.1, 0.15) is 16.6 Å². The third kappa shape index (κ3) is 4.35. The van der Waals surface area contributed by atoms with Gasteiger partial charge in [0.15, 0.2) is 0 Å². The number of nitrogens with one attached hydrogen (secondary N) is 2. The van der Waals surface area contributed by atoms with Gasteiger partial charge in [0.2, 0.25) is 0 Å². The minimum absolute atomic E-state index is 0.210. The zero-order valence-electron chi connectivity index (χ0n) is 15.2. The largest absolute Gasteiger partial charge is 0.352 e. The maximum Gasteiger partial charge on any atom is 0.259 e. The van der Waals surface area contributed by atoms with Crippen LogP contribution in [0.3, 0.4) is 0 Å². The lowest BCUT2D eigenvalue weighted by molar-refractivity contribution is 0.0953. The Morgan fingerprint density at radius 2 is 1.93 bits per heavy atom. The fraction of sp³-hybridized carbons (Fsp3) is 0.400. The van der Waals surface area contributed by atoms with Crippen molar-refractivity contribution < 1.29 is 18.4 Å². The SMILES string of the molecule is CCCCNC(=O)c1c(NC(=O)c2ccc(F)cc2F)sc2c1CCCC2. The number of hydrogen-bond acceptors (Lipinski definition) is 3. The first kappa shape index (κ1) is 19.5. The van der Waals surface area contributed by atoms with Gasteiger partial charge in [0.25, 0.3) is 11.8 Å². The van der Waals surface area contributed by atoms with Gasteiger partial charge in [-0.3, -0.25) is 9.59 Å². The summed E-state index contributed by atoms with van der Waals surface area (Å²) >= 11 is 1.37. The van der Waals surface area contributed by atoms with Crippen molar-refractivity contribution in [1.29, 1.82) is 0 Å². The first-order chi connectivity index (χ1) is 13.0. The van der Waals surface area contributed by atoms with Crippen LogP contribution in [-0.2, 0) is 12.8 Å². The molecule has 2 amide bonds. The zero-order chi connectivity index (χ0) is 19.4. The highest BCUT2D eigenvalue weighted by molar-refractivity contribution is 7.17. The second-order valence-corrected chi connectivity index (χ2v) is 7.71. The van der Waals surface area contributed by atoms with E-state index in [1.165, 1.54) is 11.3 Å². The summed E-state index contributed by atoms with van der Waals surface area (Å²) in [5.41, 5.74) is 1.22. The molecule has 0 unspecified atom stereocenters. The maximum atomic E-state index is 13.9. The van der Waals surface area contributed by atoms with Crippen LogP contribution in [0.15, 0.2) is 18.2 Å². The Morgan fingerprint density at radius 1 is 1.15 bits per heavy atom. The predicted molar refractivity (Wildman–Crippen MR) is 103 cm³/mol. The molecule has 1 aliphatic rings. The Hall–Kier alpha value is -2.28. The fourth-order valence-corrected chi connectivity index (χ4v) is 4.49. The van der Waals surface area contributed by atoms with E-state index in [1.807, 2.05) is 6.92 Å². The number of benzene rings is 1.